The fourth-order valence-electron chi connectivity index (χ4n) is 1.81. The van der Waals surface area contributed by atoms with Crippen LogP contribution in [-0.4, -0.2) is 5.78 Å². The second kappa shape index (κ2) is 6.26. The molecule has 0 radical (unpaired) electrons. The summed E-state index contributed by atoms with van der Waals surface area (Å²) in [5.74, 6) is -3.44. The van der Waals surface area contributed by atoms with Crippen LogP contribution in [0.1, 0.15) is 12.5 Å². The van der Waals surface area contributed by atoms with E-state index in [1.54, 1.807) is 30.3 Å². The molecule has 0 bridgehead atoms. The highest BCUT2D eigenvalue weighted by Gasteiger charge is 2.13. The summed E-state index contributed by atoms with van der Waals surface area (Å²) in [6, 6.07) is 9.73. The Kier molecular flexibility index (Phi) is 4.42. The predicted octanol–water partition coefficient (Wildman–Crippen LogP) is 4.15. The molecule has 0 heterocycles. The van der Waals surface area contributed by atoms with E-state index >= 15 is 0 Å². The number of hydrogen-bond donors (Lipinski definition) is 1. The molecule has 0 aliphatic rings. The van der Waals surface area contributed by atoms with Crippen molar-refractivity contribution in [2.75, 3.05) is 5.32 Å². The van der Waals surface area contributed by atoms with E-state index in [1.807, 2.05) is 0 Å². The molecule has 108 valence electrons. The van der Waals surface area contributed by atoms with Gasteiger partial charge in [-0.15, -0.1) is 0 Å². The quantitative estimate of drug-likeness (QED) is 0.858. The van der Waals surface area contributed by atoms with Crippen LogP contribution in [-0.2, 0) is 4.79 Å². The molecule has 2 aromatic carbocycles. The third-order valence-electron chi connectivity index (χ3n) is 2.70. The number of carbonyl (C=O) groups excluding carboxylic acids is 1. The van der Waals surface area contributed by atoms with E-state index < -0.39 is 23.1 Å². The Hall–Kier alpha value is -2.56. The lowest BCUT2D eigenvalue weighted by atomic mass is 10.1. The van der Waals surface area contributed by atoms with Crippen LogP contribution in [0.3, 0.4) is 0 Å². The standard InChI is InChI=1S/C16H12F3NO/c1-10(21)7-15(11-5-3-2-4-6-11)20-16-13(18)8-12(17)9-14(16)19/h2-9,20H,1H3. The van der Waals surface area contributed by atoms with Crippen LogP contribution in [0.5, 0.6) is 0 Å². The van der Waals surface area contributed by atoms with Gasteiger partial charge in [-0.2, -0.15) is 0 Å². The number of anilines is 1. The molecule has 0 aliphatic carbocycles. The third-order valence-corrected chi connectivity index (χ3v) is 2.70. The van der Waals surface area contributed by atoms with Crippen LogP contribution in [0.2, 0.25) is 0 Å². The van der Waals surface area contributed by atoms with Gasteiger partial charge in [-0.25, -0.2) is 13.2 Å². The summed E-state index contributed by atoms with van der Waals surface area (Å²) >= 11 is 0. The van der Waals surface area contributed by atoms with Gasteiger partial charge in [0.25, 0.3) is 0 Å². The van der Waals surface area contributed by atoms with Crippen molar-refractivity contribution in [3.8, 4) is 0 Å². The molecular formula is C16H12F3NO. The molecule has 2 aromatic rings. The maximum absolute atomic E-state index is 13.7. The van der Waals surface area contributed by atoms with Gasteiger partial charge in [0.1, 0.15) is 11.5 Å². The maximum atomic E-state index is 13.7. The lowest BCUT2D eigenvalue weighted by molar-refractivity contribution is -0.112. The van der Waals surface area contributed by atoms with E-state index in [0.29, 0.717) is 17.7 Å². The van der Waals surface area contributed by atoms with Crippen LogP contribution in [0, 0.1) is 17.5 Å². The van der Waals surface area contributed by atoms with Crippen LogP contribution in [0.25, 0.3) is 5.70 Å². The zero-order valence-electron chi connectivity index (χ0n) is 11.2. The van der Waals surface area contributed by atoms with Gasteiger partial charge in [-0.1, -0.05) is 30.3 Å². The fourth-order valence-corrected chi connectivity index (χ4v) is 1.81. The van der Waals surface area contributed by atoms with Gasteiger partial charge in [0.15, 0.2) is 17.4 Å². The van der Waals surface area contributed by atoms with E-state index in [1.165, 1.54) is 13.0 Å². The van der Waals surface area contributed by atoms with Gasteiger partial charge < -0.3 is 5.32 Å². The van der Waals surface area contributed by atoms with Crippen LogP contribution < -0.4 is 5.32 Å². The van der Waals surface area contributed by atoms with Crippen LogP contribution in [0.4, 0.5) is 18.9 Å². The van der Waals surface area contributed by atoms with Gasteiger partial charge >= 0.3 is 0 Å². The van der Waals surface area contributed by atoms with Crippen molar-refractivity contribution in [2.24, 2.45) is 0 Å². The van der Waals surface area contributed by atoms with Crippen molar-refractivity contribution >= 4 is 17.2 Å². The molecule has 0 atom stereocenters. The zero-order chi connectivity index (χ0) is 15.4. The largest absolute Gasteiger partial charge is 0.350 e. The van der Waals surface area contributed by atoms with E-state index in [0.717, 1.165) is 0 Å². The second-order valence-electron chi connectivity index (χ2n) is 4.40. The van der Waals surface area contributed by atoms with E-state index in [2.05, 4.69) is 5.32 Å². The Morgan fingerprint density at radius 1 is 1.05 bits per heavy atom. The molecule has 2 nitrogen and oxygen atoms in total. The normalized spacial score (nSPS) is 11.3. The number of benzene rings is 2. The first-order chi connectivity index (χ1) is 9.97. The summed E-state index contributed by atoms with van der Waals surface area (Å²) < 4.78 is 40.2. The average Bonchev–Trinajstić information content (AvgIpc) is 2.42. The number of ketones is 1. The highest BCUT2D eigenvalue weighted by atomic mass is 19.1. The first-order valence-corrected chi connectivity index (χ1v) is 6.16. The van der Waals surface area contributed by atoms with Crippen molar-refractivity contribution in [2.45, 2.75) is 6.92 Å². The van der Waals surface area contributed by atoms with Gasteiger partial charge in [0, 0.05) is 23.9 Å². The van der Waals surface area contributed by atoms with Crippen molar-refractivity contribution < 1.29 is 18.0 Å². The number of rotatable bonds is 4. The van der Waals surface area contributed by atoms with Crippen molar-refractivity contribution in [3.05, 3.63) is 71.6 Å². The van der Waals surface area contributed by atoms with Crippen molar-refractivity contribution in [3.63, 3.8) is 0 Å². The summed E-state index contributed by atoms with van der Waals surface area (Å²) in [4.78, 5) is 11.3. The molecule has 0 saturated heterocycles. The molecule has 0 saturated carbocycles. The maximum Gasteiger partial charge on any atom is 0.154 e. The van der Waals surface area contributed by atoms with Crippen LogP contribution >= 0.6 is 0 Å². The van der Waals surface area contributed by atoms with E-state index in [-0.39, 0.29) is 11.5 Å². The lowest BCUT2D eigenvalue weighted by Crippen LogP contribution is -2.05. The highest BCUT2D eigenvalue weighted by molar-refractivity contribution is 5.97. The average molecular weight is 291 g/mol. The van der Waals surface area contributed by atoms with Crippen molar-refractivity contribution in [1.29, 1.82) is 0 Å². The summed E-state index contributed by atoms with van der Waals surface area (Å²) in [5, 5.41) is 2.51. The van der Waals surface area contributed by atoms with E-state index in [9.17, 15) is 18.0 Å². The zero-order valence-corrected chi connectivity index (χ0v) is 11.2. The van der Waals surface area contributed by atoms with E-state index in [4.69, 9.17) is 0 Å². The Morgan fingerprint density at radius 3 is 2.14 bits per heavy atom. The topological polar surface area (TPSA) is 29.1 Å². The monoisotopic (exact) mass is 291 g/mol. The minimum atomic E-state index is -1.07. The van der Waals surface area contributed by atoms with Gasteiger partial charge in [0.05, 0.1) is 0 Å². The molecule has 5 heteroatoms. The first-order valence-electron chi connectivity index (χ1n) is 6.16. The highest BCUT2D eigenvalue weighted by Crippen LogP contribution is 2.25. The number of carbonyl (C=O) groups is 1. The SMILES string of the molecule is CC(=O)C=C(Nc1c(F)cc(F)cc1F)c1ccccc1. The van der Waals surface area contributed by atoms with Crippen LogP contribution in [0.15, 0.2) is 48.5 Å². The Labute approximate surface area is 119 Å². The molecular weight excluding hydrogens is 279 g/mol. The number of halogens is 3. The molecule has 0 spiro atoms. The minimum absolute atomic E-state index is 0.229. The molecule has 0 unspecified atom stereocenters. The summed E-state index contributed by atoms with van der Waals surface area (Å²) in [5.41, 5.74) is 0.302. The molecule has 0 amide bonds. The first kappa shape index (κ1) is 14.8. The third kappa shape index (κ3) is 3.72. The molecule has 0 aliphatic heterocycles. The smallest absolute Gasteiger partial charge is 0.154 e. The Balaban J connectivity index is 2.44. The molecule has 0 aromatic heterocycles. The number of hydrogen-bond acceptors (Lipinski definition) is 2. The molecule has 0 fully saturated rings. The summed E-state index contributed by atoms with van der Waals surface area (Å²) in [6.45, 7) is 1.32. The predicted molar refractivity (Wildman–Crippen MR) is 75.0 cm³/mol. The second-order valence-corrected chi connectivity index (χ2v) is 4.40. The molecule has 21 heavy (non-hydrogen) atoms. The number of allylic oxidation sites excluding steroid dienone is 1. The minimum Gasteiger partial charge on any atom is -0.350 e. The van der Waals surface area contributed by atoms with Gasteiger partial charge in [-0.3, -0.25) is 4.79 Å². The Bertz CT molecular complexity index is 673. The van der Waals surface area contributed by atoms with Gasteiger partial charge in [0.2, 0.25) is 0 Å². The Morgan fingerprint density at radius 2 is 1.62 bits per heavy atom. The molecule has 2 rings (SSSR count). The fraction of sp³-hybridized carbons (Fsp3) is 0.0625. The van der Waals surface area contributed by atoms with Crippen molar-refractivity contribution in [1.82, 2.24) is 0 Å². The summed E-state index contributed by atoms with van der Waals surface area (Å²) in [6.07, 6.45) is 1.22. The molecule has 1 N–H and O–H groups in total. The van der Waals surface area contributed by atoms with Gasteiger partial charge in [-0.05, 0) is 12.5 Å². The number of nitrogens with one attached hydrogen (secondary N) is 1. The summed E-state index contributed by atoms with van der Waals surface area (Å²) in [7, 11) is 0. The lowest BCUT2D eigenvalue weighted by Gasteiger charge is -2.13.